The Hall–Kier alpha value is -2.07. The second kappa shape index (κ2) is 4.55. The van der Waals surface area contributed by atoms with Crippen molar-refractivity contribution in [2.24, 2.45) is 19.8 Å². The summed E-state index contributed by atoms with van der Waals surface area (Å²) in [5.41, 5.74) is 9.82. The number of hydrogen-bond donors (Lipinski definition) is 1. The maximum Gasteiger partial charge on any atom is 0.0551 e. The average molecular weight is 254 g/mol. The molecule has 0 saturated carbocycles. The number of benzene rings is 1. The summed E-state index contributed by atoms with van der Waals surface area (Å²) in [5.74, 6) is 0. The Balaban J connectivity index is 1.87. The summed E-state index contributed by atoms with van der Waals surface area (Å²) in [5, 5.41) is 5.43. The van der Waals surface area contributed by atoms with Crippen LogP contribution in [0.2, 0.25) is 0 Å². The van der Waals surface area contributed by atoms with Gasteiger partial charge >= 0.3 is 0 Å². The molecule has 0 fully saturated rings. The Kier molecular flexibility index (Phi) is 2.87. The zero-order valence-electron chi connectivity index (χ0n) is 11.2. The van der Waals surface area contributed by atoms with Crippen LogP contribution < -0.4 is 5.73 Å². The van der Waals surface area contributed by atoms with Gasteiger partial charge in [-0.05, 0) is 41.6 Å². The number of aryl methyl sites for hydroxylation is 2. The van der Waals surface area contributed by atoms with Crippen LogP contribution in [-0.2, 0) is 20.5 Å². The van der Waals surface area contributed by atoms with E-state index in [0.29, 0.717) is 0 Å². The summed E-state index contributed by atoms with van der Waals surface area (Å²) in [4.78, 5) is 0. The van der Waals surface area contributed by atoms with E-state index in [-0.39, 0.29) is 6.04 Å². The van der Waals surface area contributed by atoms with Crippen molar-refractivity contribution in [3.63, 3.8) is 0 Å². The number of hydrogen-bond acceptors (Lipinski definition) is 2. The van der Waals surface area contributed by atoms with Crippen LogP contribution in [0.5, 0.6) is 0 Å². The molecule has 4 heteroatoms. The van der Waals surface area contributed by atoms with Crippen LogP contribution in [0.1, 0.15) is 17.3 Å². The Labute approximate surface area is 112 Å². The minimum Gasteiger partial charge on any atom is -0.351 e. The van der Waals surface area contributed by atoms with Crippen LogP contribution in [-0.4, -0.2) is 14.3 Å². The van der Waals surface area contributed by atoms with Crippen molar-refractivity contribution in [2.75, 3.05) is 0 Å². The predicted molar refractivity (Wildman–Crippen MR) is 76.8 cm³/mol. The maximum absolute atomic E-state index is 6.26. The molecule has 0 saturated heterocycles. The molecule has 0 radical (unpaired) electrons. The lowest BCUT2D eigenvalue weighted by atomic mass is 10.0. The molecule has 1 aromatic carbocycles. The summed E-state index contributed by atoms with van der Waals surface area (Å²) in [6, 6.07) is 10.6. The minimum absolute atomic E-state index is 0.0198. The van der Waals surface area contributed by atoms with E-state index in [1.165, 1.54) is 16.5 Å². The van der Waals surface area contributed by atoms with Gasteiger partial charge in [0.2, 0.25) is 0 Å². The molecule has 1 unspecified atom stereocenters. The van der Waals surface area contributed by atoms with Gasteiger partial charge in [0, 0.05) is 32.0 Å². The molecule has 0 bridgehead atoms. The number of nitrogens with two attached hydrogens (primary N) is 1. The lowest BCUT2D eigenvalue weighted by Gasteiger charge is -2.12. The summed E-state index contributed by atoms with van der Waals surface area (Å²) in [7, 11) is 3.99. The van der Waals surface area contributed by atoms with E-state index in [9.17, 15) is 0 Å². The van der Waals surface area contributed by atoms with Crippen LogP contribution in [0, 0.1) is 0 Å². The van der Waals surface area contributed by atoms with Crippen LogP contribution in [0.25, 0.3) is 10.9 Å². The third kappa shape index (κ3) is 2.15. The first kappa shape index (κ1) is 12.0. The highest BCUT2D eigenvalue weighted by molar-refractivity contribution is 5.80. The molecule has 0 amide bonds. The summed E-state index contributed by atoms with van der Waals surface area (Å²) in [6.45, 7) is 0. The average Bonchev–Trinajstić information content (AvgIpc) is 2.96. The fourth-order valence-electron chi connectivity index (χ4n) is 2.56. The van der Waals surface area contributed by atoms with Gasteiger partial charge in [-0.25, -0.2) is 0 Å². The summed E-state index contributed by atoms with van der Waals surface area (Å²) < 4.78 is 3.96. The zero-order chi connectivity index (χ0) is 13.4. The molecule has 2 N–H and O–H groups in total. The molecular weight excluding hydrogens is 236 g/mol. The van der Waals surface area contributed by atoms with Gasteiger partial charge < -0.3 is 10.3 Å². The van der Waals surface area contributed by atoms with Crippen molar-refractivity contribution in [1.82, 2.24) is 14.3 Å². The van der Waals surface area contributed by atoms with Gasteiger partial charge in [0.1, 0.15) is 0 Å². The van der Waals surface area contributed by atoms with Crippen molar-refractivity contribution in [1.29, 1.82) is 0 Å². The van der Waals surface area contributed by atoms with Crippen molar-refractivity contribution in [2.45, 2.75) is 12.5 Å². The topological polar surface area (TPSA) is 48.8 Å². The van der Waals surface area contributed by atoms with Crippen LogP contribution in [0.4, 0.5) is 0 Å². The van der Waals surface area contributed by atoms with Crippen molar-refractivity contribution in [3.05, 3.63) is 54.0 Å². The molecule has 2 heterocycles. The maximum atomic E-state index is 6.26. The first-order chi connectivity index (χ1) is 9.15. The monoisotopic (exact) mass is 254 g/mol. The molecule has 4 nitrogen and oxygen atoms in total. The smallest absolute Gasteiger partial charge is 0.0551 e. The highest BCUT2D eigenvalue weighted by Gasteiger charge is 2.11. The van der Waals surface area contributed by atoms with Crippen molar-refractivity contribution >= 4 is 10.9 Å². The van der Waals surface area contributed by atoms with E-state index in [1.54, 1.807) is 6.20 Å². The second-order valence-corrected chi connectivity index (χ2v) is 5.01. The number of aromatic nitrogens is 3. The molecule has 19 heavy (non-hydrogen) atoms. The third-order valence-corrected chi connectivity index (χ3v) is 3.64. The highest BCUT2D eigenvalue weighted by atomic mass is 15.3. The number of nitrogens with zero attached hydrogens (tertiary/aromatic N) is 3. The Morgan fingerprint density at radius 1 is 1.21 bits per heavy atom. The molecule has 0 aliphatic carbocycles. The van der Waals surface area contributed by atoms with Gasteiger partial charge in [0.15, 0.2) is 0 Å². The van der Waals surface area contributed by atoms with Gasteiger partial charge in [-0.3, -0.25) is 4.68 Å². The fraction of sp³-hybridized carbons (Fsp3) is 0.267. The van der Waals surface area contributed by atoms with E-state index < -0.39 is 0 Å². The first-order valence-corrected chi connectivity index (χ1v) is 6.42. The SMILES string of the molecule is Cn1nccc1C(N)Cc1ccc2c(ccn2C)c1. The van der Waals surface area contributed by atoms with E-state index in [0.717, 1.165) is 12.1 Å². The normalized spacial score (nSPS) is 13.0. The fourth-order valence-corrected chi connectivity index (χ4v) is 2.56. The molecule has 98 valence electrons. The van der Waals surface area contributed by atoms with E-state index in [4.69, 9.17) is 5.73 Å². The highest BCUT2D eigenvalue weighted by Crippen LogP contribution is 2.20. The third-order valence-electron chi connectivity index (χ3n) is 3.64. The molecule has 0 aliphatic rings. The second-order valence-electron chi connectivity index (χ2n) is 5.01. The lowest BCUT2D eigenvalue weighted by molar-refractivity contribution is 0.617. The van der Waals surface area contributed by atoms with E-state index >= 15 is 0 Å². The standard InChI is InChI=1S/C15H18N4/c1-18-8-6-12-9-11(3-4-14(12)18)10-13(16)15-5-7-17-19(15)2/h3-9,13H,10,16H2,1-2H3. The van der Waals surface area contributed by atoms with Gasteiger partial charge in [0.25, 0.3) is 0 Å². The van der Waals surface area contributed by atoms with Crippen LogP contribution in [0.3, 0.4) is 0 Å². The minimum atomic E-state index is -0.0198. The predicted octanol–water partition coefficient (Wildman–Crippen LogP) is 2.15. The Morgan fingerprint density at radius 3 is 2.79 bits per heavy atom. The Bertz CT molecular complexity index is 708. The van der Waals surface area contributed by atoms with Crippen LogP contribution >= 0.6 is 0 Å². The molecule has 1 atom stereocenters. The molecule has 3 aromatic rings. The number of fused-ring (bicyclic) bond motifs is 1. The van der Waals surface area contributed by atoms with Crippen molar-refractivity contribution < 1.29 is 0 Å². The quantitative estimate of drug-likeness (QED) is 0.778. The van der Waals surface area contributed by atoms with Gasteiger partial charge in [0.05, 0.1) is 11.7 Å². The van der Waals surface area contributed by atoms with E-state index in [2.05, 4.69) is 47.2 Å². The molecular formula is C15H18N4. The Morgan fingerprint density at radius 2 is 2.05 bits per heavy atom. The van der Waals surface area contributed by atoms with Crippen molar-refractivity contribution in [3.8, 4) is 0 Å². The van der Waals surface area contributed by atoms with Gasteiger partial charge in [-0.15, -0.1) is 0 Å². The van der Waals surface area contributed by atoms with Gasteiger partial charge in [-0.1, -0.05) is 6.07 Å². The molecule has 2 aromatic heterocycles. The molecule has 3 rings (SSSR count). The lowest BCUT2D eigenvalue weighted by Crippen LogP contribution is -2.17. The summed E-state index contributed by atoms with van der Waals surface area (Å²) in [6.07, 6.45) is 4.69. The van der Waals surface area contributed by atoms with Gasteiger partial charge in [-0.2, -0.15) is 5.10 Å². The molecule has 0 spiro atoms. The zero-order valence-corrected chi connectivity index (χ0v) is 11.2. The van der Waals surface area contributed by atoms with E-state index in [1.807, 2.05) is 17.8 Å². The summed E-state index contributed by atoms with van der Waals surface area (Å²) >= 11 is 0. The first-order valence-electron chi connectivity index (χ1n) is 6.42. The molecule has 0 aliphatic heterocycles. The van der Waals surface area contributed by atoms with Crippen LogP contribution in [0.15, 0.2) is 42.7 Å². The largest absolute Gasteiger partial charge is 0.351 e. The number of rotatable bonds is 3.